The number of nitrogens with two attached hydrogens (primary N) is 3. The smallest absolute Gasteiger partial charge is 0.331 e. The maximum atomic E-state index is 11.4. The Morgan fingerprint density at radius 2 is 0.960 bits per heavy atom. The van der Waals surface area contributed by atoms with Crippen molar-refractivity contribution >= 4 is 35.8 Å². The number of esters is 4. The summed E-state index contributed by atoms with van der Waals surface area (Å²) in [6.45, 7) is 0. The molecule has 0 spiro atoms. The number of carboxylic acid groups (broad SMARTS) is 2. The number of hydrogen-bond donors (Lipinski definition) is 5. The van der Waals surface area contributed by atoms with E-state index in [1.807, 2.05) is 0 Å². The SMILES string of the molecule is NC(CC(=O)OC(=O)CC(N)C(=O)OC(=O)C[C@H](N)C(=O)O)C(=O)O. The number of aliphatic carboxylic acids is 2. The van der Waals surface area contributed by atoms with Crippen LogP contribution in [0.4, 0.5) is 0 Å². The lowest BCUT2D eigenvalue weighted by Gasteiger charge is -2.11. The Morgan fingerprint density at radius 1 is 0.640 bits per heavy atom. The Bertz CT molecular complexity index is 575. The van der Waals surface area contributed by atoms with Gasteiger partial charge in [-0.2, -0.15) is 0 Å². The Morgan fingerprint density at radius 3 is 1.32 bits per heavy atom. The number of rotatable bonds is 9. The molecule has 8 N–H and O–H groups in total. The van der Waals surface area contributed by atoms with Crippen LogP contribution < -0.4 is 17.2 Å². The van der Waals surface area contributed by atoms with Gasteiger partial charge in [0.15, 0.2) is 0 Å². The number of carbonyl (C=O) groups is 6. The molecule has 0 saturated heterocycles. The minimum absolute atomic E-state index is 0.785. The van der Waals surface area contributed by atoms with Crippen LogP contribution >= 0.6 is 0 Å². The molecule has 140 valence electrons. The minimum atomic E-state index is -1.68. The van der Waals surface area contributed by atoms with Gasteiger partial charge in [0, 0.05) is 0 Å². The van der Waals surface area contributed by atoms with Crippen LogP contribution in [0, 0.1) is 0 Å². The van der Waals surface area contributed by atoms with Gasteiger partial charge in [0.1, 0.15) is 18.1 Å². The summed E-state index contributed by atoms with van der Waals surface area (Å²) < 4.78 is 8.40. The number of carbonyl (C=O) groups excluding carboxylic acids is 4. The van der Waals surface area contributed by atoms with E-state index in [2.05, 4.69) is 9.47 Å². The summed E-state index contributed by atoms with van der Waals surface area (Å²) in [5, 5.41) is 17.0. The zero-order chi connectivity index (χ0) is 19.7. The summed E-state index contributed by atoms with van der Waals surface area (Å²) in [6.07, 6.45) is -2.44. The van der Waals surface area contributed by atoms with Crippen LogP contribution in [0.5, 0.6) is 0 Å². The zero-order valence-electron chi connectivity index (χ0n) is 12.7. The molecule has 0 aliphatic carbocycles. The Labute approximate surface area is 140 Å². The molecular weight excluding hydrogens is 346 g/mol. The molecule has 0 aromatic carbocycles. The summed E-state index contributed by atoms with van der Waals surface area (Å²) in [5.74, 6) is -8.13. The molecule has 0 saturated carbocycles. The van der Waals surface area contributed by atoms with Crippen LogP contribution in [0.1, 0.15) is 19.3 Å². The monoisotopic (exact) mass is 363 g/mol. The van der Waals surface area contributed by atoms with Crippen molar-refractivity contribution in [3.8, 4) is 0 Å². The molecule has 25 heavy (non-hydrogen) atoms. The Hall–Kier alpha value is -2.90. The first kappa shape index (κ1) is 22.1. The maximum Gasteiger partial charge on any atom is 0.331 e. The maximum absolute atomic E-state index is 11.4. The second-order valence-electron chi connectivity index (χ2n) is 4.75. The molecule has 0 radical (unpaired) electrons. The third-order valence-corrected chi connectivity index (χ3v) is 2.54. The summed E-state index contributed by atoms with van der Waals surface area (Å²) in [7, 11) is 0. The predicted molar refractivity (Wildman–Crippen MR) is 75.2 cm³/mol. The molecule has 0 aromatic heterocycles. The van der Waals surface area contributed by atoms with Crippen LogP contribution in [0.3, 0.4) is 0 Å². The highest BCUT2D eigenvalue weighted by atomic mass is 16.6. The van der Waals surface area contributed by atoms with Crippen LogP contribution in [-0.4, -0.2) is 64.2 Å². The molecule has 0 aromatic rings. The number of carboxylic acids is 2. The predicted octanol–water partition coefficient (Wildman–Crippen LogP) is -3.55. The van der Waals surface area contributed by atoms with Crippen LogP contribution in [0.25, 0.3) is 0 Å². The van der Waals surface area contributed by atoms with E-state index in [0.717, 1.165) is 0 Å². The van der Waals surface area contributed by atoms with Crippen molar-refractivity contribution in [1.82, 2.24) is 0 Å². The number of hydrogen-bond acceptors (Lipinski definition) is 11. The largest absolute Gasteiger partial charge is 0.480 e. The first-order valence-corrected chi connectivity index (χ1v) is 6.64. The van der Waals surface area contributed by atoms with Gasteiger partial charge < -0.3 is 36.9 Å². The molecule has 0 bridgehead atoms. The lowest BCUT2D eigenvalue weighted by Crippen LogP contribution is -2.39. The summed E-state index contributed by atoms with van der Waals surface area (Å²) in [6, 6.07) is -4.84. The van der Waals surface area contributed by atoms with Gasteiger partial charge in [0.2, 0.25) is 0 Å². The van der Waals surface area contributed by atoms with Gasteiger partial charge in [0.05, 0.1) is 19.3 Å². The van der Waals surface area contributed by atoms with Crippen molar-refractivity contribution in [3.05, 3.63) is 0 Å². The van der Waals surface area contributed by atoms with E-state index >= 15 is 0 Å². The number of ether oxygens (including phenoxy) is 2. The molecule has 0 aliphatic rings. The molecule has 13 nitrogen and oxygen atoms in total. The van der Waals surface area contributed by atoms with Gasteiger partial charge in [-0.15, -0.1) is 0 Å². The molecule has 0 fully saturated rings. The molecule has 2 unspecified atom stereocenters. The van der Waals surface area contributed by atoms with Gasteiger partial charge in [-0.3, -0.25) is 24.0 Å². The van der Waals surface area contributed by atoms with Crippen molar-refractivity contribution < 1.29 is 48.5 Å². The average molecular weight is 363 g/mol. The standard InChI is InChI=1S/C12H17N3O10/c13-4(10(19)20)1-7(16)24-8(17)3-6(15)12(23)25-9(18)2-5(14)11(21)22/h4-6H,1-3,13-15H2,(H,19,20)(H,21,22)/t4?,5-,6?/m0/s1. The third-order valence-electron chi connectivity index (χ3n) is 2.54. The zero-order valence-corrected chi connectivity index (χ0v) is 12.7. The molecule has 13 heteroatoms. The molecular formula is C12H17N3O10. The van der Waals surface area contributed by atoms with E-state index in [1.54, 1.807) is 0 Å². The minimum Gasteiger partial charge on any atom is -0.480 e. The summed E-state index contributed by atoms with van der Waals surface area (Å²) in [5.41, 5.74) is 15.4. The topological polar surface area (TPSA) is 239 Å². The fourth-order valence-corrected chi connectivity index (χ4v) is 1.24. The van der Waals surface area contributed by atoms with Crippen molar-refractivity contribution in [2.45, 2.75) is 37.4 Å². The first-order chi connectivity index (χ1) is 11.4. The molecule has 0 rings (SSSR count). The fourth-order valence-electron chi connectivity index (χ4n) is 1.24. The lowest BCUT2D eigenvalue weighted by molar-refractivity contribution is -0.166. The van der Waals surface area contributed by atoms with Crippen molar-refractivity contribution in [3.63, 3.8) is 0 Å². The summed E-state index contributed by atoms with van der Waals surface area (Å²) in [4.78, 5) is 66.1. The van der Waals surface area contributed by atoms with Gasteiger partial charge in [-0.05, 0) is 0 Å². The normalized spacial score (nSPS) is 13.9. The quantitative estimate of drug-likeness (QED) is 0.197. The average Bonchev–Trinajstić information content (AvgIpc) is 2.45. The Balaban J connectivity index is 4.36. The van der Waals surface area contributed by atoms with Gasteiger partial charge in [-0.1, -0.05) is 0 Å². The molecule has 0 heterocycles. The third kappa shape index (κ3) is 9.09. The highest BCUT2D eigenvalue weighted by Gasteiger charge is 2.26. The van der Waals surface area contributed by atoms with Gasteiger partial charge in [-0.25, -0.2) is 4.79 Å². The second kappa shape index (κ2) is 10.1. The van der Waals surface area contributed by atoms with E-state index in [9.17, 15) is 28.8 Å². The van der Waals surface area contributed by atoms with Crippen molar-refractivity contribution in [2.75, 3.05) is 0 Å². The fraction of sp³-hybridized carbons (Fsp3) is 0.500. The van der Waals surface area contributed by atoms with E-state index in [-0.39, 0.29) is 0 Å². The van der Waals surface area contributed by atoms with E-state index in [1.165, 1.54) is 0 Å². The lowest BCUT2D eigenvalue weighted by atomic mass is 10.2. The molecule has 0 aliphatic heterocycles. The van der Waals surface area contributed by atoms with Crippen molar-refractivity contribution in [2.24, 2.45) is 17.2 Å². The van der Waals surface area contributed by atoms with E-state index in [4.69, 9.17) is 27.4 Å². The van der Waals surface area contributed by atoms with E-state index in [0.29, 0.717) is 0 Å². The van der Waals surface area contributed by atoms with Crippen LogP contribution in [0.15, 0.2) is 0 Å². The second-order valence-corrected chi connectivity index (χ2v) is 4.75. The molecule has 3 atom stereocenters. The van der Waals surface area contributed by atoms with E-state index < -0.39 is 73.2 Å². The molecule has 0 amide bonds. The first-order valence-electron chi connectivity index (χ1n) is 6.64. The van der Waals surface area contributed by atoms with Gasteiger partial charge in [0.25, 0.3) is 0 Å². The summed E-state index contributed by atoms with van der Waals surface area (Å²) >= 11 is 0. The van der Waals surface area contributed by atoms with Crippen molar-refractivity contribution in [1.29, 1.82) is 0 Å². The van der Waals surface area contributed by atoms with Crippen LogP contribution in [-0.2, 0) is 38.2 Å². The highest BCUT2D eigenvalue weighted by molar-refractivity contribution is 5.94. The van der Waals surface area contributed by atoms with Crippen LogP contribution in [0.2, 0.25) is 0 Å². The highest BCUT2D eigenvalue weighted by Crippen LogP contribution is 2.01. The van der Waals surface area contributed by atoms with Gasteiger partial charge >= 0.3 is 35.8 Å². The Kier molecular flexibility index (Phi) is 8.90.